The number of rotatable bonds is 6. The minimum atomic E-state index is -1.04. The zero-order valence-electron chi connectivity index (χ0n) is 8.73. The molecule has 7 heteroatoms. The van der Waals surface area contributed by atoms with Crippen molar-refractivity contribution < 1.29 is 24.0 Å². The molecule has 1 aromatic rings. The summed E-state index contributed by atoms with van der Waals surface area (Å²) in [6.07, 6.45) is 0. The van der Waals surface area contributed by atoms with Crippen LogP contribution in [0, 0.1) is 6.92 Å². The highest BCUT2D eigenvalue weighted by Crippen LogP contribution is 2.00. The summed E-state index contributed by atoms with van der Waals surface area (Å²) in [5.41, 5.74) is 0.190. The molecule has 0 aliphatic carbocycles. The number of carboxylic acids is 1. The van der Waals surface area contributed by atoms with E-state index in [4.69, 9.17) is 14.4 Å². The van der Waals surface area contributed by atoms with Gasteiger partial charge < -0.3 is 19.7 Å². The molecular weight excluding hydrogens is 216 g/mol. The standard InChI is InChI=1S/C9H12N2O5/c1-6-4-7(11-16-6)9(14)10-2-3-15-5-8(12)13/h4H,2-3,5H2,1H3,(H,10,14)(H,12,13). The van der Waals surface area contributed by atoms with E-state index in [-0.39, 0.29) is 31.4 Å². The summed E-state index contributed by atoms with van der Waals surface area (Å²) in [4.78, 5) is 21.4. The highest BCUT2D eigenvalue weighted by Gasteiger charge is 2.09. The molecule has 0 saturated heterocycles. The van der Waals surface area contributed by atoms with Crippen molar-refractivity contribution in [3.8, 4) is 0 Å². The van der Waals surface area contributed by atoms with Crippen LogP contribution in [0.1, 0.15) is 16.2 Å². The van der Waals surface area contributed by atoms with Crippen molar-refractivity contribution in [3.63, 3.8) is 0 Å². The second-order valence-electron chi connectivity index (χ2n) is 3.03. The first-order chi connectivity index (χ1) is 7.59. The lowest BCUT2D eigenvalue weighted by Gasteiger charge is -2.02. The van der Waals surface area contributed by atoms with Crippen molar-refractivity contribution >= 4 is 11.9 Å². The fourth-order valence-electron chi connectivity index (χ4n) is 0.960. The van der Waals surface area contributed by atoms with E-state index < -0.39 is 5.97 Å². The van der Waals surface area contributed by atoms with Crippen LogP contribution in [0.4, 0.5) is 0 Å². The van der Waals surface area contributed by atoms with Gasteiger partial charge in [-0.15, -0.1) is 0 Å². The molecule has 0 bridgehead atoms. The van der Waals surface area contributed by atoms with E-state index >= 15 is 0 Å². The van der Waals surface area contributed by atoms with Crippen LogP contribution in [-0.4, -0.2) is 41.9 Å². The number of amides is 1. The molecule has 0 aromatic carbocycles. The number of nitrogens with zero attached hydrogens (tertiary/aromatic N) is 1. The topological polar surface area (TPSA) is 102 Å². The van der Waals surface area contributed by atoms with Crippen LogP contribution in [0.25, 0.3) is 0 Å². The summed E-state index contributed by atoms with van der Waals surface area (Å²) in [5.74, 6) is -0.874. The van der Waals surface area contributed by atoms with E-state index in [0.717, 1.165) is 0 Å². The van der Waals surface area contributed by atoms with Crippen molar-refractivity contribution in [2.75, 3.05) is 19.8 Å². The molecule has 0 atom stereocenters. The van der Waals surface area contributed by atoms with Gasteiger partial charge in [0.05, 0.1) is 6.61 Å². The molecule has 0 unspecified atom stereocenters. The molecule has 0 spiro atoms. The number of hydrogen-bond donors (Lipinski definition) is 2. The molecule has 0 aliphatic rings. The molecule has 0 fully saturated rings. The maximum Gasteiger partial charge on any atom is 0.329 e. The second kappa shape index (κ2) is 5.86. The fraction of sp³-hybridized carbons (Fsp3) is 0.444. The van der Waals surface area contributed by atoms with E-state index in [1.54, 1.807) is 6.92 Å². The maximum absolute atomic E-state index is 11.3. The highest BCUT2D eigenvalue weighted by molar-refractivity contribution is 5.92. The maximum atomic E-state index is 11.3. The first-order valence-corrected chi connectivity index (χ1v) is 4.60. The number of carbonyl (C=O) groups is 2. The molecule has 0 saturated carbocycles. The van der Waals surface area contributed by atoms with Gasteiger partial charge in [0.2, 0.25) is 0 Å². The number of ether oxygens (including phenoxy) is 1. The fourth-order valence-corrected chi connectivity index (χ4v) is 0.960. The Bertz CT molecular complexity index is 374. The zero-order chi connectivity index (χ0) is 12.0. The summed E-state index contributed by atoms with van der Waals surface area (Å²) >= 11 is 0. The molecule has 0 radical (unpaired) electrons. The highest BCUT2D eigenvalue weighted by atomic mass is 16.5. The van der Waals surface area contributed by atoms with Crippen LogP contribution in [0.2, 0.25) is 0 Å². The molecule has 88 valence electrons. The lowest BCUT2D eigenvalue weighted by molar-refractivity contribution is -0.142. The van der Waals surface area contributed by atoms with Crippen molar-refractivity contribution in [1.29, 1.82) is 0 Å². The molecular formula is C9H12N2O5. The third-order valence-electron chi connectivity index (χ3n) is 1.62. The summed E-state index contributed by atoms with van der Waals surface area (Å²) in [5, 5.41) is 14.3. The average molecular weight is 228 g/mol. The van der Waals surface area contributed by atoms with Gasteiger partial charge in [-0.1, -0.05) is 5.16 Å². The van der Waals surface area contributed by atoms with Crippen molar-refractivity contribution in [2.45, 2.75) is 6.92 Å². The number of hydrogen-bond acceptors (Lipinski definition) is 5. The molecule has 1 aromatic heterocycles. The van der Waals surface area contributed by atoms with E-state index in [1.807, 2.05) is 0 Å². The van der Waals surface area contributed by atoms with Gasteiger partial charge in [0.25, 0.3) is 5.91 Å². The van der Waals surface area contributed by atoms with E-state index in [1.165, 1.54) is 6.07 Å². The monoisotopic (exact) mass is 228 g/mol. The second-order valence-corrected chi connectivity index (χ2v) is 3.03. The Hall–Kier alpha value is -1.89. The summed E-state index contributed by atoms with van der Waals surface area (Å²) in [7, 11) is 0. The Balaban J connectivity index is 2.18. The third-order valence-corrected chi connectivity index (χ3v) is 1.62. The van der Waals surface area contributed by atoms with E-state index in [0.29, 0.717) is 5.76 Å². The van der Waals surface area contributed by atoms with E-state index in [9.17, 15) is 9.59 Å². The minimum absolute atomic E-state index is 0.134. The Morgan fingerprint density at radius 3 is 2.94 bits per heavy atom. The van der Waals surface area contributed by atoms with Crippen molar-refractivity contribution in [2.24, 2.45) is 0 Å². The van der Waals surface area contributed by atoms with Gasteiger partial charge in [0.15, 0.2) is 5.69 Å². The Labute approximate surface area is 91.4 Å². The largest absolute Gasteiger partial charge is 0.480 e. The Kier molecular flexibility index (Phi) is 4.46. The summed E-state index contributed by atoms with van der Waals surface area (Å²) in [6.45, 7) is 1.66. The van der Waals surface area contributed by atoms with Gasteiger partial charge in [-0.3, -0.25) is 4.79 Å². The SMILES string of the molecule is Cc1cc(C(=O)NCCOCC(=O)O)no1. The van der Waals surface area contributed by atoms with Gasteiger partial charge in [0.1, 0.15) is 12.4 Å². The lowest BCUT2D eigenvalue weighted by atomic mass is 10.3. The summed E-state index contributed by atoms with van der Waals surface area (Å²) in [6, 6.07) is 1.51. The molecule has 2 N–H and O–H groups in total. The summed E-state index contributed by atoms with van der Waals surface area (Å²) < 4.78 is 9.45. The van der Waals surface area contributed by atoms with Crippen LogP contribution >= 0.6 is 0 Å². The number of aryl methyl sites for hydroxylation is 1. The molecule has 7 nitrogen and oxygen atoms in total. The molecule has 1 rings (SSSR count). The van der Waals surface area contributed by atoms with E-state index in [2.05, 4.69) is 10.5 Å². The molecule has 16 heavy (non-hydrogen) atoms. The lowest BCUT2D eigenvalue weighted by Crippen LogP contribution is -2.28. The van der Waals surface area contributed by atoms with Crippen LogP contribution in [-0.2, 0) is 9.53 Å². The van der Waals surface area contributed by atoms with Gasteiger partial charge in [-0.2, -0.15) is 0 Å². The Morgan fingerprint density at radius 1 is 1.62 bits per heavy atom. The first kappa shape index (κ1) is 12.2. The van der Waals surface area contributed by atoms with Gasteiger partial charge in [-0.25, -0.2) is 4.79 Å². The van der Waals surface area contributed by atoms with Crippen LogP contribution < -0.4 is 5.32 Å². The van der Waals surface area contributed by atoms with Crippen molar-refractivity contribution in [3.05, 3.63) is 17.5 Å². The smallest absolute Gasteiger partial charge is 0.329 e. The van der Waals surface area contributed by atoms with Crippen LogP contribution in [0.5, 0.6) is 0 Å². The number of nitrogens with one attached hydrogen (secondary N) is 1. The molecule has 1 heterocycles. The van der Waals surface area contributed by atoms with Gasteiger partial charge >= 0.3 is 5.97 Å². The first-order valence-electron chi connectivity index (χ1n) is 4.60. The Morgan fingerprint density at radius 2 is 2.38 bits per heavy atom. The third kappa shape index (κ3) is 4.09. The van der Waals surface area contributed by atoms with Crippen LogP contribution in [0.15, 0.2) is 10.6 Å². The number of carbonyl (C=O) groups excluding carboxylic acids is 1. The average Bonchev–Trinajstić information content (AvgIpc) is 2.63. The molecule has 0 aliphatic heterocycles. The van der Waals surface area contributed by atoms with Gasteiger partial charge in [-0.05, 0) is 6.92 Å². The van der Waals surface area contributed by atoms with Crippen LogP contribution in [0.3, 0.4) is 0 Å². The molecule has 1 amide bonds. The number of aromatic nitrogens is 1. The van der Waals surface area contributed by atoms with Gasteiger partial charge in [0, 0.05) is 12.6 Å². The predicted molar refractivity (Wildman–Crippen MR) is 52.0 cm³/mol. The minimum Gasteiger partial charge on any atom is -0.480 e. The number of carboxylic acid groups (broad SMARTS) is 1. The zero-order valence-corrected chi connectivity index (χ0v) is 8.73. The number of aliphatic carboxylic acids is 1. The van der Waals surface area contributed by atoms with Crippen molar-refractivity contribution in [1.82, 2.24) is 10.5 Å². The normalized spacial score (nSPS) is 10.1. The quantitative estimate of drug-likeness (QED) is 0.654. The predicted octanol–water partition coefficient (Wildman–Crippen LogP) is -0.186.